The molecular weight excluding hydrogens is 312 g/mol. The Balaban J connectivity index is 2.20. The van der Waals surface area contributed by atoms with E-state index in [9.17, 15) is 9.59 Å². The summed E-state index contributed by atoms with van der Waals surface area (Å²) >= 11 is 3.42. The molecule has 1 aliphatic heterocycles. The third-order valence-electron chi connectivity index (χ3n) is 2.64. The van der Waals surface area contributed by atoms with E-state index in [-0.39, 0.29) is 18.0 Å². The van der Waals surface area contributed by atoms with Crippen LogP contribution in [-0.2, 0) is 4.79 Å². The van der Waals surface area contributed by atoms with Crippen molar-refractivity contribution in [2.75, 3.05) is 11.4 Å². The monoisotopic (exact) mass is 326 g/mol. The maximum atomic E-state index is 11.7. The molecule has 5 nitrogen and oxygen atoms in total. The average Bonchev–Trinajstić information content (AvgIpc) is 2.31. The standard InChI is InChI=1S/C13H15BrN2O3/c1-8(2)19-11-4-3-9(7-10(11)14)16-6-5-12(17)15-13(16)18/h3-4,7-8H,5-6H2,1-2H3,(H,15,17,18). The van der Waals surface area contributed by atoms with Gasteiger partial charge in [-0.1, -0.05) is 0 Å². The Kier molecular flexibility index (Phi) is 4.09. The lowest BCUT2D eigenvalue weighted by Gasteiger charge is -2.27. The summed E-state index contributed by atoms with van der Waals surface area (Å²) in [4.78, 5) is 24.4. The van der Waals surface area contributed by atoms with Crippen LogP contribution in [-0.4, -0.2) is 24.6 Å². The highest BCUT2D eigenvalue weighted by Crippen LogP contribution is 2.31. The number of benzene rings is 1. The Morgan fingerprint density at radius 3 is 2.68 bits per heavy atom. The SMILES string of the molecule is CC(C)Oc1ccc(N2CCC(=O)NC2=O)cc1Br. The fourth-order valence-corrected chi connectivity index (χ4v) is 2.28. The first-order valence-corrected chi connectivity index (χ1v) is 6.84. The van der Waals surface area contributed by atoms with Crippen LogP contribution in [0.3, 0.4) is 0 Å². The Bertz CT molecular complexity index is 517. The van der Waals surface area contributed by atoms with Gasteiger partial charge < -0.3 is 4.74 Å². The van der Waals surface area contributed by atoms with Crippen molar-refractivity contribution in [2.24, 2.45) is 0 Å². The highest BCUT2D eigenvalue weighted by molar-refractivity contribution is 9.10. The number of nitrogens with one attached hydrogen (secondary N) is 1. The van der Waals surface area contributed by atoms with Gasteiger partial charge in [0.05, 0.1) is 10.6 Å². The van der Waals surface area contributed by atoms with Gasteiger partial charge in [0.15, 0.2) is 0 Å². The summed E-state index contributed by atoms with van der Waals surface area (Å²) in [6.07, 6.45) is 0.395. The highest BCUT2D eigenvalue weighted by Gasteiger charge is 2.24. The molecule has 19 heavy (non-hydrogen) atoms. The number of rotatable bonds is 3. The molecule has 1 aromatic carbocycles. The van der Waals surface area contributed by atoms with Crippen LogP contribution in [0.1, 0.15) is 20.3 Å². The van der Waals surface area contributed by atoms with Crippen molar-refractivity contribution in [3.63, 3.8) is 0 Å². The first kappa shape index (κ1) is 13.9. The maximum absolute atomic E-state index is 11.7. The Morgan fingerprint density at radius 2 is 2.11 bits per heavy atom. The molecule has 1 aromatic rings. The number of amides is 3. The summed E-state index contributed by atoms with van der Waals surface area (Å²) in [5, 5.41) is 2.30. The van der Waals surface area contributed by atoms with Gasteiger partial charge in [0.25, 0.3) is 0 Å². The molecule has 0 unspecified atom stereocenters. The van der Waals surface area contributed by atoms with Crippen molar-refractivity contribution in [1.82, 2.24) is 5.32 Å². The lowest BCUT2D eigenvalue weighted by molar-refractivity contribution is -0.120. The molecule has 0 aromatic heterocycles. The number of hydrogen-bond donors (Lipinski definition) is 1. The summed E-state index contributed by atoms with van der Waals surface area (Å²) in [6, 6.07) is 5.04. The van der Waals surface area contributed by atoms with Crippen LogP contribution in [0.4, 0.5) is 10.5 Å². The summed E-state index contributed by atoms with van der Waals surface area (Å²) in [6.45, 7) is 4.29. The topological polar surface area (TPSA) is 58.6 Å². The minimum absolute atomic E-state index is 0.0815. The fourth-order valence-electron chi connectivity index (χ4n) is 1.82. The van der Waals surface area contributed by atoms with Gasteiger partial charge in [0, 0.05) is 18.7 Å². The highest BCUT2D eigenvalue weighted by atomic mass is 79.9. The molecule has 0 spiro atoms. The molecule has 0 aliphatic carbocycles. The molecule has 0 bridgehead atoms. The van der Waals surface area contributed by atoms with Crippen LogP contribution in [0, 0.1) is 0 Å². The molecule has 1 saturated heterocycles. The van der Waals surface area contributed by atoms with Crippen LogP contribution in [0.2, 0.25) is 0 Å². The molecule has 0 saturated carbocycles. The predicted molar refractivity (Wildman–Crippen MR) is 75.4 cm³/mol. The molecule has 2 rings (SSSR count). The molecule has 1 heterocycles. The molecule has 1 fully saturated rings. The summed E-state index contributed by atoms with van der Waals surface area (Å²) < 4.78 is 6.39. The Labute approximate surface area is 120 Å². The van der Waals surface area contributed by atoms with Crippen molar-refractivity contribution in [3.05, 3.63) is 22.7 Å². The Morgan fingerprint density at radius 1 is 1.37 bits per heavy atom. The van der Waals surface area contributed by atoms with Gasteiger partial charge in [0.1, 0.15) is 5.75 Å². The van der Waals surface area contributed by atoms with Crippen molar-refractivity contribution in [3.8, 4) is 5.75 Å². The minimum Gasteiger partial charge on any atom is -0.490 e. The largest absolute Gasteiger partial charge is 0.490 e. The number of halogens is 1. The lowest BCUT2D eigenvalue weighted by atomic mass is 10.2. The van der Waals surface area contributed by atoms with Crippen molar-refractivity contribution in [2.45, 2.75) is 26.4 Å². The maximum Gasteiger partial charge on any atom is 0.328 e. The van der Waals surface area contributed by atoms with Crippen LogP contribution in [0.25, 0.3) is 0 Å². The minimum atomic E-state index is -0.388. The number of anilines is 1. The van der Waals surface area contributed by atoms with Gasteiger partial charge in [-0.25, -0.2) is 4.79 Å². The number of imide groups is 1. The van der Waals surface area contributed by atoms with E-state index >= 15 is 0 Å². The predicted octanol–water partition coefficient (Wildman–Crippen LogP) is 2.68. The van der Waals surface area contributed by atoms with E-state index in [1.807, 2.05) is 26.0 Å². The van der Waals surface area contributed by atoms with Gasteiger partial charge in [-0.2, -0.15) is 0 Å². The average molecular weight is 327 g/mol. The van der Waals surface area contributed by atoms with E-state index in [0.29, 0.717) is 13.0 Å². The number of hydrogen-bond acceptors (Lipinski definition) is 3. The number of carbonyl (C=O) groups is 2. The molecule has 1 aliphatic rings. The smallest absolute Gasteiger partial charge is 0.328 e. The van der Waals surface area contributed by atoms with E-state index in [2.05, 4.69) is 21.2 Å². The molecule has 6 heteroatoms. The van der Waals surface area contributed by atoms with Crippen molar-refractivity contribution >= 4 is 33.6 Å². The van der Waals surface area contributed by atoms with Gasteiger partial charge in [-0.15, -0.1) is 0 Å². The van der Waals surface area contributed by atoms with Crippen LogP contribution < -0.4 is 15.0 Å². The molecular formula is C13H15BrN2O3. The van der Waals surface area contributed by atoms with Gasteiger partial charge in [0.2, 0.25) is 5.91 Å². The fraction of sp³-hybridized carbons (Fsp3) is 0.385. The van der Waals surface area contributed by atoms with Crippen molar-refractivity contribution < 1.29 is 14.3 Å². The summed E-state index contributed by atoms with van der Waals surface area (Å²) in [5.74, 6) is 0.493. The quantitative estimate of drug-likeness (QED) is 0.929. The van der Waals surface area contributed by atoms with E-state index in [1.54, 1.807) is 6.07 Å². The molecule has 0 atom stereocenters. The van der Waals surface area contributed by atoms with Gasteiger partial charge in [-0.3, -0.25) is 15.0 Å². The zero-order valence-electron chi connectivity index (χ0n) is 10.8. The number of ether oxygens (including phenoxy) is 1. The van der Waals surface area contributed by atoms with E-state index < -0.39 is 0 Å². The Hall–Kier alpha value is -1.56. The molecule has 3 amide bonds. The molecule has 0 radical (unpaired) electrons. The third kappa shape index (κ3) is 3.26. The van der Waals surface area contributed by atoms with Crippen LogP contribution in [0.15, 0.2) is 22.7 Å². The normalized spacial score (nSPS) is 15.7. The molecule has 102 valence electrons. The second kappa shape index (κ2) is 5.61. The van der Waals surface area contributed by atoms with Gasteiger partial charge >= 0.3 is 6.03 Å². The van der Waals surface area contributed by atoms with Crippen LogP contribution in [0.5, 0.6) is 5.75 Å². The van der Waals surface area contributed by atoms with E-state index in [1.165, 1.54) is 4.90 Å². The van der Waals surface area contributed by atoms with E-state index in [0.717, 1.165) is 15.9 Å². The second-order valence-corrected chi connectivity index (χ2v) is 5.39. The second-order valence-electron chi connectivity index (χ2n) is 4.54. The zero-order chi connectivity index (χ0) is 14.0. The zero-order valence-corrected chi connectivity index (χ0v) is 12.4. The summed E-state index contributed by atoms with van der Waals surface area (Å²) in [7, 11) is 0. The number of carbonyl (C=O) groups excluding carboxylic acids is 2. The van der Waals surface area contributed by atoms with Gasteiger partial charge in [-0.05, 0) is 48.0 Å². The first-order valence-electron chi connectivity index (χ1n) is 6.05. The third-order valence-corrected chi connectivity index (χ3v) is 3.26. The van der Waals surface area contributed by atoms with Crippen molar-refractivity contribution in [1.29, 1.82) is 0 Å². The lowest BCUT2D eigenvalue weighted by Crippen LogP contribution is -2.49. The van der Waals surface area contributed by atoms with Crippen LogP contribution >= 0.6 is 15.9 Å². The molecule has 1 N–H and O–H groups in total. The van der Waals surface area contributed by atoms with E-state index in [4.69, 9.17) is 4.74 Å². The number of nitrogens with zero attached hydrogens (tertiary/aromatic N) is 1. The summed E-state index contributed by atoms with van der Waals surface area (Å²) in [5.41, 5.74) is 0.730. The first-order chi connectivity index (χ1) is 8.97. The number of urea groups is 1.